The molecule has 0 N–H and O–H groups in total. The molecule has 9 heteroatoms. The average molecular weight is 475 g/mol. The summed E-state index contributed by atoms with van der Waals surface area (Å²) < 4.78 is 5.20. The molecule has 1 aliphatic rings. The molecule has 0 aliphatic carbocycles. The zero-order valence-electron chi connectivity index (χ0n) is 15.2. The number of esters is 1. The van der Waals surface area contributed by atoms with Crippen molar-refractivity contribution >= 4 is 69.9 Å². The highest BCUT2D eigenvalue weighted by Gasteiger charge is 2.42. The lowest BCUT2D eigenvalue weighted by molar-refractivity contribution is 0.0498. The first-order chi connectivity index (χ1) is 13.8. The van der Waals surface area contributed by atoms with Crippen LogP contribution in [0.1, 0.15) is 57.3 Å². The lowest BCUT2D eigenvalue weighted by Gasteiger charge is -2.14. The van der Waals surface area contributed by atoms with Crippen molar-refractivity contribution in [1.29, 1.82) is 0 Å². The molecule has 5 nitrogen and oxygen atoms in total. The summed E-state index contributed by atoms with van der Waals surface area (Å²) in [5.41, 5.74) is 0.355. The highest BCUT2D eigenvalue weighted by Crippen LogP contribution is 2.45. The Hall–Kier alpha value is -1.79. The molecule has 2 amide bonds. The molecule has 2 aromatic carbocycles. The van der Waals surface area contributed by atoms with E-state index in [9.17, 15) is 14.4 Å². The van der Waals surface area contributed by atoms with Gasteiger partial charge in [-0.3, -0.25) is 9.59 Å². The summed E-state index contributed by atoms with van der Waals surface area (Å²) in [4.78, 5) is 38.7. The van der Waals surface area contributed by atoms with Gasteiger partial charge in [0, 0.05) is 0 Å². The van der Waals surface area contributed by atoms with Gasteiger partial charge >= 0.3 is 5.97 Å². The average Bonchev–Trinajstić information content (AvgIpc) is 2.98. The lowest BCUT2D eigenvalue weighted by Crippen LogP contribution is -2.29. The van der Waals surface area contributed by atoms with Crippen LogP contribution < -0.4 is 4.90 Å². The van der Waals surface area contributed by atoms with Crippen molar-refractivity contribution in [2.24, 2.45) is 0 Å². The first-order valence-electron chi connectivity index (χ1n) is 8.81. The molecule has 0 atom stereocenters. The van der Waals surface area contributed by atoms with Gasteiger partial charge in [-0.15, -0.1) is 0 Å². The minimum absolute atomic E-state index is 0.0961. The lowest BCUT2D eigenvalue weighted by atomic mass is 10.1. The summed E-state index contributed by atoms with van der Waals surface area (Å²) in [7, 11) is 0. The van der Waals surface area contributed by atoms with Crippen LogP contribution in [0.15, 0.2) is 24.3 Å². The number of nitrogens with zero attached hydrogens (tertiary/aromatic N) is 1. The maximum absolute atomic E-state index is 12.8. The molecule has 1 aliphatic heterocycles. The van der Waals surface area contributed by atoms with E-state index in [1.807, 2.05) is 0 Å². The van der Waals surface area contributed by atoms with Crippen molar-refractivity contribution in [2.45, 2.75) is 26.2 Å². The number of rotatable bonds is 6. The Morgan fingerprint density at radius 3 is 1.86 bits per heavy atom. The van der Waals surface area contributed by atoms with Crippen LogP contribution in [0.3, 0.4) is 0 Å². The molecular formula is C20H15Cl4NO4. The van der Waals surface area contributed by atoms with E-state index >= 15 is 0 Å². The van der Waals surface area contributed by atoms with Crippen LogP contribution in [0.25, 0.3) is 0 Å². The molecular weight excluding hydrogens is 460 g/mol. The van der Waals surface area contributed by atoms with Crippen LogP contribution in [0.2, 0.25) is 20.1 Å². The van der Waals surface area contributed by atoms with Gasteiger partial charge < -0.3 is 4.74 Å². The third kappa shape index (κ3) is 3.97. The molecule has 0 aromatic heterocycles. The second-order valence-electron chi connectivity index (χ2n) is 6.34. The van der Waals surface area contributed by atoms with Crippen LogP contribution in [-0.4, -0.2) is 24.4 Å². The second-order valence-corrected chi connectivity index (χ2v) is 7.85. The molecule has 152 valence electrons. The van der Waals surface area contributed by atoms with E-state index in [2.05, 4.69) is 6.92 Å². The van der Waals surface area contributed by atoms with E-state index in [4.69, 9.17) is 51.1 Å². The van der Waals surface area contributed by atoms with Crippen molar-refractivity contribution in [3.8, 4) is 0 Å². The fraction of sp³-hybridized carbons (Fsp3) is 0.250. The van der Waals surface area contributed by atoms with Gasteiger partial charge in [-0.05, 0) is 30.7 Å². The minimum atomic E-state index is -0.676. The quantitative estimate of drug-likeness (QED) is 0.159. The van der Waals surface area contributed by atoms with Crippen LogP contribution in [0, 0.1) is 0 Å². The Labute approximate surface area is 187 Å². The maximum Gasteiger partial charge on any atom is 0.338 e. The molecule has 29 heavy (non-hydrogen) atoms. The Balaban J connectivity index is 1.86. The minimum Gasteiger partial charge on any atom is -0.462 e. The van der Waals surface area contributed by atoms with Crippen LogP contribution >= 0.6 is 46.4 Å². The van der Waals surface area contributed by atoms with Gasteiger partial charge in [-0.25, -0.2) is 9.69 Å². The molecule has 0 saturated carbocycles. The van der Waals surface area contributed by atoms with E-state index in [1.165, 1.54) is 24.3 Å². The van der Waals surface area contributed by atoms with E-state index in [1.54, 1.807) is 0 Å². The van der Waals surface area contributed by atoms with Crippen molar-refractivity contribution < 1.29 is 19.1 Å². The molecule has 0 bridgehead atoms. The van der Waals surface area contributed by atoms with Gasteiger partial charge in [0.1, 0.15) is 0 Å². The summed E-state index contributed by atoms with van der Waals surface area (Å²) in [6.07, 6.45) is 2.80. The van der Waals surface area contributed by atoms with Crippen molar-refractivity contribution in [2.75, 3.05) is 11.5 Å². The largest absolute Gasteiger partial charge is 0.462 e. The summed E-state index contributed by atoms with van der Waals surface area (Å²) >= 11 is 24.3. The number of ether oxygens (including phenoxy) is 1. The zero-order valence-corrected chi connectivity index (χ0v) is 18.3. The standard InChI is InChI=1S/C20H15Cl4NO4/c1-2-3-4-9-29-20(28)10-5-7-11(8-6-10)25-18(26)12-13(19(25)27)15(22)17(24)16(23)14(12)21/h5-8H,2-4,9H2,1H3. The van der Waals surface area contributed by atoms with E-state index in [0.29, 0.717) is 12.2 Å². The Morgan fingerprint density at radius 2 is 1.38 bits per heavy atom. The molecule has 0 radical (unpaired) electrons. The smallest absolute Gasteiger partial charge is 0.338 e. The maximum atomic E-state index is 12.8. The van der Waals surface area contributed by atoms with Gasteiger partial charge in [-0.1, -0.05) is 66.2 Å². The SMILES string of the molecule is CCCCCOC(=O)c1ccc(N2C(=O)c3c(Cl)c(Cl)c(Cl)c(Cl)c3C2=O)cc1. The van der Waals surface area contributed by atoms with Gasteiger partial charge in [0.2, 0.25) is 0 Å². The molecule has 2 aromatic rings. The Morgan fingerprint density at radius 1 is 0.862 bits per heavy atom. The van der Waals surface area contributed by atoms with Crippen LogP contribution in [0.4, 0.5) is 5.69 Å². The number of imide groups is 1. The monoisotopic (exact) mass is 473 g/mol. The number of benzene rings is 2. The van der Waals surface area contributed by atoms with Gasteiger partial charge in [0.15, 0.2) is 0 Å². The summed E-state index contributed by atoms with van der Waals surface area (Å²) in [5, 5.41) is -0.462. The zero-order chi connectivity index (χ0) is 21.3. The normalized spacial score (nSPS) is 13.1. The Kier molecular flexibility index (Phi) is 6.74. The predicted octanol–water partition coefficient (Wildman–Crippen LogP) is 6.45. The summed E-state index contributed by atoms with van der Waals surface area (Å²) in [6.45, 7) is 2.40. The third-order valence-corrected chi connectivity index (χ3v) is 6.25. The van der Waals surface area contributed by atoms with Gasteiger partial charge in [0.05, 0.1) is 49.1 Å². The van der Waals surface area contributed by atoms with E-state index in [-0.39, 0.29) is 36.9 Å². The van der Waals surface area contributed by atoms with E-state index < -0.39 is 17.8 Å². The number of hydrogen-bond donors (Lipinski definition) is 0. The number of halogens is 4. The van der Waals surface area contributed by atoms with Crippen LogP contribution in [0.5, 0.6) is 0 Å². The first kappa shape index (κ1) is 21.9. The topological polar surface area (TPSA) is 63.7 Å². The number of hydrogen-bond acceptors (Lipinski definition) is 4. The van der Waals surface area contributed by atoms with Crippen molar-refractivity contribution in [3.05, 3.63) is 61.0 Å². The van der Waals surface area contributed by atoms with Crippen molar-refractivity contribution in [1.82, 2.24) is 0 Å². The summed E-state index contributed by atoms with van der Waals surface area (Å²) in [6, 6.07) is 5.89. The summed E-state index contributed by atoms with van der Waals surface area (Å²) in [5.74, 6) is -1.82. The van der Waals surface area contributed by atoms with E-state index in [0.717, 1.165) is 24.2 Å². The number of unbranched alkanes of at least 4 members (excludes halogenated alkanes) is 2. The highest BCUT2D eigenvalue weighted by molar-refractivity contribution is 6.56. The number of carbonyl (C=O) groups is 3. The molecule has 3 rings (SSSR count). The number of anilines is 1. The predicted molar refractivity (Wildman–Crippen MR) is 114 cm³/mol. The molecule has 1 heterocycles. The van der Waals surface area contributed by atoms with Crippen LogP contribution in [-0.2, 0) is 4.74 Å². The fourth-order valence-corrected chi connectivity index (χ4v) is 3.94. The number of amides is 2. The van der Waals surface area contributed by atoms with Gasteiger partial charge in [-0.2, -0.15) is 0 Å². The fourth-order valence-electron chi connectivity index (χ4n) is 2.93. The highest BCUT2D eigenvalue weighted by atomic mass is 35.5. The molecule has 0 fully saturated rings. The second kappa shape index (κ2) is 8.92. The number of fused-ring (bicyclic) bond motifs is 1. The Bertz CT molecular complexity index is 958. The first-order valence-corrected chi connectivity index (χ1v) is 10.3. The molecule has 0 unspecified atom stereocenters. The van der Waals surface area contributed by atoms with Crippen molar-refractivity contribution in [3.63, 3.8) is 0 Å². The van der Waals surface area contributed by atoms with Gasteiger partial charge in [0.25, 0.3) is 11.8 Å². The third-order valence-electron chi connectivity index (χ3n) is 4.44. The number of carbonyl (C=O) groups excluding carboxylic acids is 3. The molecule has 0 spiro atoms. The molecule has 0 saturated heterocycles.